The van der Waals surface area contributed by atoms with E-state index in [4.69, 9.17) is 4.11 Å². The van der Waals surface area contributed by atoms with Crippen molar-refractivity contribution in [2.75, 3.05) is 4.81 Å². The SMILES string of the molecule is [2H]C([2H])([2H])c1ccc(N2C=Cc3ccccc3B2C)[n+](C)c1. The Morgan fingerprint density at radius 3 is 2.84 bits per heavy atom. The smallest absolute Gasteiger partial charge is 0.293 e. The van der Waals surface area contributed by atoms with Crippen LogP contribution in [0.5, 0.6) is 0 Å². The standard InChI is InChI=1S/C16H18BN2/c1-13-8-9-16(18(3)12-13)19-11-10-14-6-4-5-7-15(14)17(19)2/h4-12H,1-3H3/q+1/i1D3. The Morgan fingerprint density at radius 1 is 1.21 bits per heavy atom. The van der Waals surface area contributed by atoms with Crippen LogP contribution >= 0.6 is 0 Å². The number of pyridine rings is 1. The van der Waals surface area contributed by atoms with Gasteiger partial charge in [0.25, 0.3) is 5.82 Å². The quantitative estimate of drug-likeness (QED) is 0.557. The van der Waals surface area contributed by atoms with Gasteiger partial charge < -0.3 is 0 Å². The van der Waals surface area contributed by atoms with Crippen LogP contribution in [-0.2, 0) is 7.05 Å². The van der Waals surface area contributed by atoms with E-state index in [2.05, 4.69) is 36.0 Å². The first-order valence-electron chi connectivity index (χ1n) is 7.93. The highest BCUT2D eigenvalue weighted by molar-refractivity contribution is 6.77. The molecule has 0 atom stereocenters. The molecule has 0 saturated carbocycles. The van der Waals surface area contributed by atoms with Crippen molar-refractivity contribution in [1.82, 2.24) is 0 Å². The second-order valence-electron chi connectivity index (χ2n) is 4.91. The van der Waals surface area contributed by atoms with Gasteiger partial charge in [-0.2, -0.15) is 0 Å². The molecule has 0 bridgehead atoms. The van der Waals surface area contributed by atoms with E-state index in [0.29, 0.717) is 5.56 Å². The van der Waals surface area contributed by atoms with E-state index >= 15 is 0 Å². The lowest BCUT2D eigenvalue weighted by atomic mass is 9.54. The van der Waals surface area contributed by atoms with E-state index in [0.717, 1.165) is 5.82 Å². The lowest BCUT2D eigenvalue weighted by Gasteiger charge is -2.24. The van der Waals surface area contributed by atoms with Crippen LogP contribution in [0.2, 0.25) is 6.82 Å². The van der Waals surface area contributed by atoms with Crippen LogP contribution in [0.25, 0.3) is 6.08 Å². The summed E-state index contributed by atoms with van der Waals surface area (Å²) in [6, 6.07) is 11.9. The third-order valence-corrected chi connectivity index (χ3v) is 3.65. The van der Waals surface area contributed by atoms with Gasteiger partial charge in [-0.1, -0.05) is 24.3 Å². The molecule has 0 amide bonds. The summed E-state index contributed by atoms with van der Waals surface area (Å²) in [7, 11) is 1.88. The molecule has 2 nitrogen and oxygen atoms in total. The average molecular weight is 252 g/mol. The summed E-state index contributed by atoms with van der Waals surface area (Å²) >= 11 is 0. The molecule has 19 heavy (non-hydrogen) atoms. The van der Waals surface area contributed by atoms with Crippen LogP contribution in [0.1, 0.15) is 15.2 Å². The van der Waals surface area contributed by atoms with E-state index in [1.807, 2.05) is 29.8 Å². The molecule has 0 N–H and O–H groups in total. The Hall–Kier alpha value is -2.03. The fourth-order valence-corrected chi connectivity index (χ4v) is 2.63. The minimum Gasteiger partial charge on any atom is -0.293 e. The number of benzene rings is 1. The van der Waals surface area contributed by atoms with Crippen molar-refractivity contribution in [3.05, 3.63) is 59.9 Å². The van der Waals surface area contributed by atoms with Crippen LogP contribution in [0.3, 0.4) is 0 Å². The molecular weight excluding hydrogens is 231 g/mol. The second-order valence-corrected chi connectivity index (χ2v) is 4.91. The first kappa shape index (κ1) is 8.97. The lowest BCUT2D eigenvalue weighted by Crippen LogP contribution is -2.51. The number of nitrogens with zero attached hydrogens (tertiary/aromatic N) is 2. The summed E-state index contributed by atoms with van der Waals surface area (Å²) < 4.78 is 24.4. The van der Waals surface area contributed by atoms with Crippen molar-refractivity contribution >= 4 is 24.2 Å². The summed E-state index contributed by atoms with van der Waals surface area (Å²) in [5, 5.41) is 0. The number of anilines is 1. The van der Waals surface area contributed by atoms with Gasteiger partial charge in [0, 0.05) is 10.2 Å². The number of aromatic nitrogens is 1. The van der Waals surface area contributed by atoms with Gasteiger partial charge in [0.2, 0.25) is 0 Å². The van der Waals surface area contributed by atoms with Crippen molar-refractivity contribution in [1.29, 1.82) is 0 Å². The minimum atomic E-state index is -2.08. The summed E-state index contributed by atoms with van der Waals surface area (Å²) in [5.41, 5.74) is 2.85. The molecule has 2 heterocycles. The maximum atomic E-state index is 7.51. The highest BCUT2D eigenvalue weighted by atomic mass is 15.2. The Labute approximate surface area is 119 Å². The van der Waals surface area contributed by atoms with E-state index < -0.39 is 6.85 Å². The zero-order valence-electron chi connectivity index (χ0n) is 14.2. The van der Waals surface area contributed by atoms with Crippen LogP contribution in [0, 0.1) is 6.85 Å². The molecule has 94 valence electrons. The van der Waals surface area contributed by atoms with Crippen LogP contribution in [-0.4, -0.2) is 6.85 Å². The summed E-state index contributed by atoms with van der Waals surface area (Å²) in [4.78, 5) is 2.16. The van der Waals surface area contributed by atoms with Crippen LogP contribution < -0.4 is 14.8 Å². The summed E-state index contributed by atoms with van der Waals surface area (Å²) in [6.45, 7) is 0.276. The van der Waals surface area contributed by atoms with Crippen LogP contribution in [0.4, 0.5) is 5.82 Å². The predicted molar refractivity (Wildman–Crippen MR) is 81.6 cm³/mol. The number of fused-ring (bicyclic) bond motifs is 1. The van der Waals surface area contributed by atoms with E-state index in [1.165, 1.54) is 11.0 Å². The highest BCUT2D eigenvalue weighted by Crippen LogP contribution is 2.17. The first-order valence-corrected chi connectivity index (χ1v) is 6.43. The second kappa shape index (κ2) is 4.58. The number of hydrogen-bond donors (Lipinski definition) is 0. The average Bonchev–Trinajstić information content (AvgIpc) is 2.47. The molecule has 0 radical (unpaired) electrons. The lowest BCUT2D eigenvalue weighted by molar-refractivity contribution is -0.658. The zero-order chi connectivity index (χ0) is 15.9. The van der Waals surface area contributed by atoms with Gasteiger partial charge >= 0.3 is 6.85 Å². The maximum Gasteiger partial charge on any atom is 0.409 e. The van der Waals surface area contributed by atoms with E-state index in [-0.39, 0.29) is 6.85 Å². The predicted octanol–water partition coefficient (Wildman–Crippen LogP) is 2.14. The minimum absolute atomic E-state index is 0.200. The summed E-state index contributed by atoms with van der Waals surface area (Å²) in [5.74, 6) is 0.964. The molecule has 0 aliphatic carbocycles. The van der Waals surface area contributed by atoms with Crippen molar-refractivity contribution in [2.24, 2.45) is 7.05 Å². The molecule has 1 aromatic heterocycles. The van der Waals surface area contributed by atoms with Gasteiger partial charge in [0.15, 0.2) is 0 Å². The first-order chi connectivity index (χ1) is 10.4. The van der Waals surface area contributed by atoms with Gasteiger partial charge in [-0.05, 0) is 42.4 Å². The van der Waals surface area contributed by atoms with E-state index in [9.17, 15) is 0 Å². The number of rotatable bonds is 1. The zero-order valence-corrected chi connectivity index (χ0v) is 11.2. The molecule has 1 aliphatic rings. The van der Waals surface area contributed by atoms with Gasteiger partial charge in [-0.25, -0.2) is 4.57 Å². The van der Waals surface area contributed by atoms with Gasteiger partial charge in [-0.3, -0.25) is 4.81 Å². The van der Waals surface area contributed by atoms with Crippen molar-refractivity contribution < 1.29 is 8.68 Å². The van der Waals surface area contributed by atoms with Crippen molar-refractivity contribution in [2.45, 2.75) is 13.7 Å². The van der Waals surface area contributed by atoms with Gasteiger partial charge in [0.1, 0.15) is 0 Å². The largest absolute Gasteiger partial charge is 0.409 e. The molecular formula is C16H18BN2+. The normalized spacial score (nSPS) is 16.6. The third-order valence-electron chi connectivity index (χ3n) is 3.65. The molecule has 0 saturated heterocycles. The molecule has 3 rings (SSSR count). The molecule has 2 aromatic rings. The molecule has 1 aliphatic heterocycles. The molecule has 0 unspecified atom stereocenters. The van der Waals surface area contributed by atoms with Gasteiger partial charge in [-0.15, -0.1) is 0 Å². The Balaban J connectivity index is 2.00. The molecule has 0 spiro atoms. The van der Waals surface area contributed by atoms with Gasteiger partial charge in [0.05, 0.1) is 19.4 Å². The Kier molecular flexibility index (Phi) is 2.16. The van der Waals surface area contributed by atoms with Crippen molar-refractivity contribution in [3.8, 4) is 0 Å². The maximum absolute atomic E-state index is 7.51. The monoisotopic (exact) mass is 252 g/mol. The topological polar surface area (TPSA) is 7.12 Å². The third kappa shape index (κ3) is 2.05. The highest BCUT2D eigenvalue weighted by Gasteiger charge is 2.32. The van der Waals surface area contributed by atoms with E-state index in [1.54, 1.807) is 12.3 Å². The fourth-order valence-electron chi connectivity index (χ4n) is 2.63. The number of aryl methyl sites for hydroxylation is 2. The number of hydrogen-bond acceptors (Lipinski definition) is 1. The Morgan fingerprint density at radius 2 is 2.05 bits per heavy atom. The van der Waals surface area contributed by atoms with Crippen molar-refractivity contribution in [3.63, 3.8) is 0 Å². The molecule has 0 fully saturated rings. The summed E-state index contributed by atoms with van der Waals surface area (Å²) in [6.07, 6.45) is 5.83. The van der Waals surface area contributed by atoms with Crippen LogP contribution in [0.15, 0.2) is 48.8 Å². The molecule has 1 aromatic carbocycles. The molecule has 3 heteroatoms. The fraction of sp³-hybridized carbons (Fsp3) is 0.188. The Bertz CT molecular complexity index is 740.